The van der Waals surface area contributed by atoms with Crippen molar-refractivity contribution in [3.63, 3.8) is 0 Å². The fourth-order valence-corrected chi connectivity index (χ4v) is 2.91. The zero-order valence-corrected chi connectivity index (χ0v) is 11.8. The Bertz CT molecular complexity index is 751. The number of nitrogens with zero attached hydrogens (tertiary/aromatic N) is 2. The molecule has 0 aliphatic rings. The highest BCUT2D eigenvalue weighted by Gasteiger charge is 2.24. The molecule has 0 aliphatic carbocycles. The van der Waals surface area contributed by atoms with Crippen LogP contribution < -0.4 is 0 Å². The molecule has 104 valence electrons. The molecule has 3 aromatic rings. The van der Waals surface area contributed by atoms with Crippen molar-refractivity contribution in [3.8, 4) is 0 Å². The smallest absolute Gasteiger partial charge is 0.170 e. The van der Waals surface area contributed by atoms with Gasteiger partial charge >= 0.3 is 0 Å². The van der Waals surface area contributed by atoms with Crippen molar-refractivity contribution in [1.29, 1.82) is 0 Å². The topological polar surface area (TPSA) is 59.2 Å². The van der Waals surface area contributed by atoms with E-state index in [1.807, 2.05) is 13.8 Å². The van der Waals surface area contributed by atoms with Crippen LogP contribution in [0.4, 0.5) is 4.39 Å². The molecule has 6 heteroatoms. The first-order chi connectivity index (χ1) is 9.58. The fourth-order valence-electron chi connectivity index (χ4n) is 2.11. The maximum absolute atomic E-state index is 13.6. The van der Waals surface area contributed by atoms with Gasteiger partial charge in [0.2, 0.25) is 0 Å². The Morgan fingerprint density at radius 2 is 2.15 bits per heavy atom. The van der Waals surface area contributed by atoms with Gasteiger partial charge < -0.3 is 9.52 Å². The molecule has 0 aliphatic heterocycles. The van der Waals surface area contributed by atoms with Crippen LogP contribution in [-0.4, -0.2) is 14.7 Å². The Morgan fingerprint density at radius 3 is 2.85 bits per heavy atom. The summed E-state index contributed by atoms with van der Waals surface area (Å²) in [5.74, 6) is 0.0185. The van der Waals surface area contributed by atoms with Crippen LogP contribution in [0.5, 0.6) is 0 Å². The van der Waals surface area contributed by atoms with E-state index in [0.717, 1.165) is 17.2 Å². The number of aliphatic hydroxyl groups is 1. The van der Waals surface area contributed by atoms with E-state index < -0.39 is 11.9 Å². The maximum Gasteiger partial charge on any atom is 0.170 e. The number of hydrogen-bond donors (Lipinski definition) is 1. The largest absolute Gasteiger partial charge is 0.455 e. The van der Waals surface area contributed by atoms with E-state index in [1.165, 1.54) is 6.07 Å². The Balaban J connectivity index is 2.06. The molecule has 4 nitrogen and oxygen atoms in total. The predicted molar refractivity (Wildman–Crippen MR) is 74.2 cm³/mol. The third kappa shape index (κ3) is 2.10. The second-order valence-corrected chi connectivity index (χ2v) is 5.67. The molecule has 3 rings (SSSR count). The maximum atomic E-state index is 13.6. The van der Waals surface area contributed by atoms with Gasteiger partial charge in [0.15, 0.2) is 11.4 Å². The average molecular weight is 292 g/mol. The van der Waals surface area contributed by atoms with Crippen LogP contribution in [0.2, 0.25) is 0 Å². The molecular weight excluding hydrogens is 279 g/mol. The van der Waals surface area contributed by atoms with E-state index >= 15 is 0 Å². The third-order valence-electron chi connectivity index (χ3n) is 3.12. The summed E-state index contributed by atoms with van der Waals surface area (Å²) in [6.07, 6.45) is -0.973. The lowest BCUT2D eigenvalue weighted by Gasteiger charge is -2.08. The molecular formula is C14H13FN2O2S. The Morgan fingerprint density at radius 1 is 1.35 bits per heavy atom. The standard InChI is InChI=1S/C14H13FN2O2S/c1-7(2)11-14(20-17-16-11)12(18)10-6-8-4-3-5-9(15)13(8)19-10/h3-7,12,18H,1-2H3. The zero-order valence-electron chi connectivity index (χ0n) is 11.0. The van der Waals surface area contributed by atoms with Gasteiger partial charge in [0.1, 0.15) is 11.9 Å². The first-order valence-electron chi connectivity index (χ1n) is 6.26. The summed E-state index contributed by atoms with van der Waals surface area (Å²) < 4.78 is 22.9. The van der Waals surface area contributed by atoms with Crippen LogP contribution in [0.25, 0.3) is 11.0 Å². The van der Waals surface area contributed by atoms with Gasteiger partial charge in [-0.1, -0.05) is 30.5 Å². The van der Waals surface area contributed by atoms with E-state index in [1.54, 1.807) is 18.2 Å². The molecule has 0 radical (unpaired) electrons. The van der Waals surface area contributed by atoms with E-state index in [-0.39, 0.29) is 11.5 Å². The molecule has 0 bridgehead atoms. The number of hydrogen-bond acceptors (Lipinski definition) is 5. The molecule has 0 saturated heterocycles. The number of para-hydroxylation sites is 1. The average Bonchev–Trinajstić information content (AvgIpc) is 3.05. The minimum Gasteiger partial charge on any atom is -0.455 e. The summed E-state index contributed by atoms with van der Waals surface area (Å²) in [4.78, 5) is 0.638. The Labute approximate surface area is 119 Å². The van der Waals surface area contributed by atoms with Crippen molar-refractivity contribution in [2.75, 3.05) is 0 Å². The van der Waals surface area contributed by atoms with Crippen molar-refractivity contribution in [1.82, 2.24) is 9.59 Å². The number of benzene rings is 1. The summed E-state index contributed by atoms with van der Waals surface area (Å²) in [5, 5.41) is 15.1. The molecule has 0 spiro atoms. The lowest BCUT2D eigenvalue weighted by molar-refractivity contribution is 0.194. The second kappa shape index (κ2) is 4.96. The minimum absolute atomic E-state index is 0.152. The van der Waals surface area contributed by atoms with Crippen LogP contribution in [0.15, 0.2) is 28.7 Å². The zero-order chi connectivity index (χ0) is 14.3. The van der Waals surface area contributed by atoms with E-state index in [4.69, 9.17) is 4.42 Å². The minimum atomic E-state index is -0.973. The fraction of sp³-hybridized carbons (Fsp3) is 0.286. The Hall–Kier alpha value is -1.79. The van der Waals surface area contributed by atoms with Crippen LogP contribution in [0.3, 0.4) is 0 Å². The Kier molecular flexibility index (Phi) is 3.27. The van der Waals surface area contributed by atoms with E-state index in [9.17, 15) is 9.50 Å². The summed E-state index contributed by atoms with van der Waals surface area (Å²) in [6.45, 7) is 3.95. The molecule has 2 heterocycles. The summed E-state index contributed by atoms with van der Waals surface area (Å²) in [6, 6.07) is 6.33. The number of rotatable bonds is 3. The van der Waals surface area contributed by atoms with E-state index in [0.29, 0.717) is 16.0 Å². The van der Waals surface area contributed by atoms with E-state index in [2.05, 4.69) is 9.59 Å². The lowest BCUT2D eigenvalue weighted by Crippen LogP contribution is -2.01. The highest BCUT2D eigenvalue weighted by molar-refractivity contribution is 7.05. The van der Waals surface area contributed by atoms with Gasteiger partial charge in [-0.05, 0) is 29.6 Å². The predicted octanol–water partition coefficient (Wildman–Crippen LogP) is 3.63. The van der Waals surface area contributed by atoms with Crippen LogP contribution in [-0.2, 0) is 0 Å². The second-order valence-electron chi connectivity index (χ2n) is 4.89. The van der Waals surface area contributed by atoms with Gasteiger partial charge in [-0.2, -0.15) is 0 Å². The molecule has 20 heavy (non-hydrogen) atoms. The third-order valence-corrected chi connectivity index (χ3v) is 3.91. The quantitative estimate of drug-likeness (QED) is 0.801. The van der Waals surface area contributed by atoms with Gasteiger partial charge in [0.05, 0.1) is 10.6 Å². The normalized spacial score (nSPS) is 13.2. The molecule has 0 saturated carbocycles. The first-order valence-corrected chi connectivity index (χ1v) is 7.03. The molecule has 0 amide bonds. The highest BCUT2D eigenvalue weighted by Crippen LogP contribution is 2.34. The highest BCUT2D eigenvalue weighted by atomic mass is 32.1. The number of fused-ring (bicyclic) bond motifs is 1. The lowest BCUT2D eigenvalue weighted by atomic mass is 10.1. The van der Waals surface area contributed by atoms with Crippen LogP contribution in [0, 0.1) is 5.82 Å². The molecule has 1 unspecified atom stereocenters. The van der Waals surface area contributed by atoms with Gasteiger partial charge in [0.25, 0.3) is 0 Å². The summed E-state index contributed by atoms with van der Waals surface area (Å²) in [7, 11) is 0. The van der Waals surface area contributed by atoms with Crippen molar-refractivity contribution < 1.29 is 13.9 Å². The molecule has 1 atom stereocenters. The van der Waals surface area contributed by atoms with Gasteiger partial charge in [-0.25, -0.2) is 4.39 Å². The number of furan rings is 1. The number of halogens is 1. The molecule has 2 aromatic heterocycles. The van der Waals surface area contributed by atoms with Crippen molar-refractivity contribution in [2.45, 2.75) is 25.9 Å². The van der Waals surface area contributed by atoms with Crippen LogP contribution >= 0.6 is 11.5 Å². The number of aromatic nitrogens is 2. The summed E-state index contributed by atoms with van der Waals surface area (Å²) in [5.41, 5.74) is 0.897. The summed E-state index contributed by atoms with van der Waals surface area (Å²) >= 11 is 1.13. The van der Waals surface area contributed by atoms with Crippen molar-refractivity contribution >= 4 is 22.5 Å². The SMILES string of the molecule is CC(C)c1nnsc1C(O)c1cc2cccc(F)c2o1. The van der Waals surface area contributed by atoms with Crippen LogP contribution in [0.1, 0.15) is 42.2 Å². The van der Waals surface area contributed by atoms with Crippen molar-refractivity contribution in [3.05, 3.63) is 46.4 Å². The van der Waals surface area contributed by atoms with Gasteiger partial charge in [-0.15, -0.1) is 5.10 Å². The molecule has 1 N–H and O–H groups in total. The van der Waals surface area contributed by atoms with Crippen molar-refractivity contribution in [2.24, 2.45) is 0 Å². The van der Waals surface area contributed by atoms with Gasteiger partial charge in [-0.3, -0.25) is 0 Å². The monoisotopic (exact) mass is 292 g/mol. The first kappa shape index (κ1) is 13.2. The molecule has 1 aromatic carbocycles. The molecule has 0 fully saturated rings. The number of aliphatic hydroxyl groups excluding tert-OH is 1. The van der Waals surface area contributed by atoms with Gasteiger partial charge in [0, 0.05) is 5.39 Å².